The molecule has 16 heavy (non-hydrogen) atoms. The highest BCUT2D eigenvalue weighted by Gasteiger charge is 2.07. The number of halogens is 1. The van der Waals surface area contributed by atoms with Gasteiger partial charge < -0.3 is 5.32 Å². The third kappa shape index (κ3) is 2.51. The first-order valence-corrected chi connectivity index (χ1v) is 6.50. The van der Waals surface area contributed by atoms with Crippen LogP contribution in [0.4, 0.5) is 5.69 Å². The van der Waals surface area contributed by atoms with E-state index in [1.807, 2.05) is 41.9 Å². The number of thiophene rings is 1. The molecule has 4 heteroatoms. The van der Waals surface area contributed by atoms with Crippen molar-refractivity contribution in [3.63, 3.8) is 0 Å². The molecule has 0 unspecified atom stereocenters. The molecule has 0 saturated carbocycles. The van der Waals surface area contributed by atoms with Gasteiger partial charge in [0, 0.05) is 15.5 Å². The molecule has 82 valence electrons. The van der Waals surface area contributed by atoms with Crippen molar-refractivity contribution in [3.05, 3.63) is 50.6 Å². The Labute approximate surface area is 106 Å². The smallest absolute Gasteiger partial charge is 0.256 e. The Bertz CT molecular complexity index is 508. The fourth-order valence-electron chi connectivity index (χ4n) is 1.32. The van der Waals surface area contributed by atoms with Crippen molar-refractivity contribution >= 4 is 38.9 Å². The van der Waals surface area contributed by atoms with Crippen LogP contribution >= 0.6 is 27.3 Å². The third-order valence-corrected chi connectivity index (χ3v) is 3.41. The second-order valence-corrected chi connectivity index (χ2v) is 5.12. The van der Waals surface area contributed by atoms with Gasteiger partial charge in [0.1, 0.15) is 0 Å². The molecule has 0 aliphatic carbocycles. The van der Waals surface area contributed by atoms with Crippen LogP contribution in [0.1, 0.15) is 15.9 Å². The molecular formula is C12H10BrNOS. The first-order valence-electron chi connectivity index (χ1n) is 4.76. The van der Waals surface area contributed by atoms with Gasteiger partial charge in [-0.2, -0.15) is 11.3 Å². The van der Waals surface area contributed by atoms with E-state index in [0.717, 1.165) is 15.7 Å². The van der Waals surface area contributed by atoms with E-state index < -0.39 is 0 Å². The molecule has 0 bridgehead atoms. The molecule has 0 fully saturated rings. The highest BCUT2D eigenvalue weighted by molar-refractivity contribution is 9.10. The number of rotatable bonds is 2. The molecule has 1 aromatic carbocycles. The molecule has 2 aromatic rings. The van der Waals surface area contributed by atoms with E-state index in [9.17, 15) is 4.79 Å². The summed E-state index contributed by atoms with van der Waals surface area (Å²) in [6.45, 7) is 1.97. The molecule has 0 spiro atoms. The van der Waals surface area contributed by atoms with Gasteiger partial charge in [0.15, 0.2) is 0 Å². The number of benzene rings is 1. The Morgan fingerprint density at radius 3 is 2.88 bits per heavy atom. The molecular weight excluding hydrogens is 286 g/mol. The van der Waals surface area contributed by atoms with E-state index in [0.29, 0.717) is 5.56 Å². The monoisotopic (exact) mass is 295 g/mol. The molecule has 1 amide bonds. The van der Waals surface area contributed by atoms with Crippen LogP contribution in [0.3, 0.4) is 0 Å². The Kier molecular flexibility index (Phi) is 3.41. The highest BCUT2D eigenvalue weighted by atomic mass is 79.9. The summed E-state index contributed by atoms with van der Waals surface area (Å²) in [4.78, 5) is 11.8. The van der Waals surface area contributed by atoms with E-state index in [2.05, 4.69) is 21.2 Å². The van der Waals surface area contributed by atoms with Crippen molar-refractivity contribution < 1.29 is 4.79 Å². The Morgan fingerprint density at radius 2 is 2.19 bits per heavy atom. The maximum absolute atomic E-state index is 11.8. The molecule has 1 heterocycles. The van der Waals surface area contributed by atoms with E-state index >= 15 is 0 Å². The van der Waals surface area contributed by atoms with Gasteiger partial charge in [-0.15, -0.1) is 0 Å². The van der Waals surface area contributed by atoms with Crippen LogP contribution in [0.2, 0.25) is 0 Å². The molecule has 1 aromatic heterocycles. The zero-order valence-electron chi connectivity index (χ0n) is 8.66. The summed E-state index contributed by atoms with van der Waals surface area (Å²) in [6, 6.07) is 7.63. The largest absolute Gasteiger partial charge is 0.322 e. The second-order valence-electron chi connectivity index (χ2n) is 3.43. The van der Waals surface area contributed by atoms with Crippen molar-refractivity contribution in [2.75, 3.05) is 5.32 Å². The topological polar surface area (TPSA) is 29.1 Å². The predicted octanol–water partition coefficient (Wildman–Crippen LogP) is 4.07. The molecule has 0 aliphatic rings. The summed E-state index contributed by atoms with van der Waals surface area (Å²) in [5.74, 6) is -0.0672. The predicted molar refractivity (Wildman–Crippen MR) is 71.2 cm³/mol. The number of hydrogen-bond acceptors (Lipinski definition) is 2. The van der Waals surface area contributed by atoms with Crippen LogP contribution < -0.4 is 5.32 Å². The number of aryl methyl sites for hydroxylation is 1. The van der Waals surface area contributed by atoms with E-state index in [1.165, 1.54) is 11.3 Å². The lowest BCUT2D eigenvalue weighted by molar-refractivity contribution is 0.102. The molecule has 0 saturated heterocycles. The molecule has 2 nitrogen and oxygen atoms in total. The van der Waals surface area contributed by atoms with Gasteiger partial charge in [0.2, 0.25) is 0 Å². The fourth-order valence-corrected chi connectivity index (χ4v) is 2.31. The normalized spacial score (nSPS) is 10.1. The number of carbonyl (C=O) groups excluding carboxylic acids is 1. The summed E-state index contributed by atoms with van der Waals surface area (Å²) in [7, 11) is 0. The zero-order chi connectivity index (χ0) is 11.5. The average Bonchev–Trinajstić information content (AvgIpc) is 2.76. The third-order valence-electron chi connectivity index (χ3n) is 2.23. The van der Waals surface area contributed by atoms with Crippen LogP contribution in [0.25, 0.3) is 0 Å². The van der Waals surface area contributed by atoms with Crippen LogP contribution in [0.5, 0.6) is 0 Å². The van der Waals surface area contributed by atoms with Crippen molar-refractivity contribution in [2.45, 2.75) is 6.92 Å². The fraction of sp³-hybridized carbons (Fsp3) is 0.0833. The summed E-state index contributed by atoms with van der Waals surface area (Å²) in [6.07, 6.45) is 0. The van der Waals surface area contributed by atoms with E-state index in [-0.39, 0.29) is 5.91 Å². The molecule has 0 aliphatic heterocycles. The molecule has 0 radical (unpaired) electrons. The maximum atomic E-state index is 11.8. The Balaban J connectivity index is 2.21. The summed E-state index contributed by atoms with van der Waals surface area (Å²) in [5, 5.41) is 6.62. The van der Waals surface area contributed by atoms with Crippen LogP contribution in [-0.2, 0) is 0 Å². The van der Waals surface area contributed by atoms with Gasteiger partial charge in [-0.1, -0.05) is 22.0 Å². The van der Waals surface area contributed by atoms with E-state index in [1.54, 1.807) is 0 Å². The lowest BCUT2D eigenvalue weighted by Gasteiger charge is -2.07. The van der Waals surface area contributed by atoms with E-state index in [4.69, 9.17) is 0 Å². The zero-order valence-corrected chi connectivity index (χ0v) is 11.1. The van der Waals surface area contributed by atoms with Crippen molar-refractivity contribution in [1.82, 2.24) is 0 Å². The van der Waals surface area contributed by atoms with Gasteiger partial charge in [-0.25, -0.2) is 0 Å². The van der Waals surface area contributed by atoms with Gasteiger partial charge >= 0.3 is 0 Å². The lowest BCUT2D eigenvalue weighted by atomic mass is 10.2. The second kappa shape index (κ2) is 4.80. The van der Waals surface area contributed by atoms with Gasteiger partial charge in [-0.3, -0.25) is 4.79 Å². The van der Waals surface area contributed by atoms with Gasteiger partial charge in [0.25, 0.3) is 5.91 Å². The summed E-state index contributed by atoms with van der Waals surface area (Å²) in [5.41, 5.74) is 2.58. The molecule has 0 atom stereocenters. The summed E-state index contributed by atoms with van der Waals surface area (Å²) < 4.78 is 0.957. The minimum atomic E-state index is -0.0672. The first kappa shape index (κ1) is 11.4. The van der Waals surface area contributed by atoms with Crippen molar-refractivity contribution in [2.24, 2.45) is 0 Å². The number of carbonyl (C=O) groups is 1. The summed E-state index contributed by atoms with van der Waals surface area (Å²) >= 11 is 4.90. The first-order chi connectivity index (χ1) is 7.66. The SMILES string of the molecule is Cc1ccc(Br)cc1NC(=O)c1ccsc1. The minimum absolute atomic E-state index is 0.0672. The van der Waals surface area contributed by atoms with Crippen LogP contribution in [-0.4, -0.2) is 5.91 Å². The van der Waals surface area contributed by atoms with Crippen LogP contribution in [0.15, 0.2) is 39.5 Å². The number of amides is 1. The average molecular weight is 296 g/mol. The van der Waals surface area contributed by atoms with Gasteiger partial charge in [0.05, 0.1) is 5.56 Å². The molecule has 1 N–H and O–H groups in total. The minimum Gasteiger partial charge on any atom is -0.322 e. The number of anilines is 1. The van der Waals surface area contributed by atoms with Gasteiger partial charge in [-0.05, 0) is 36.1 Å². The maximum Gasteiger partial charge on any atom is 0.256 e. The lowest BCUT2D eigenvalue weighted by Crippen LogP contribution is -2.11. The molecule has 2 rings (SSSR count). The van der Waals surface area contributed by atoms with Crippen molar-refractivity contribution in [3.8, 4) is 0 Å². The van der Waals surface area contributed by atoms with Crippen molar-refractivity contribution in [1.29, 1.82) is 0 Å². The Hall–Kier alpha value is -1.13. The quantitative estimate of drug-likeness (QED) is 0.889. The number of nitrogens with one attached hydrogen (secondary N) is 1. The van der Waals surface area contributed by atoms with Crippen LogP contribution in [0, 0.1) is 6.92 Å². The highest BCUT2D eigenvalue weighted by Crippen LogP contribution is 2.21. The Morgan fingerprint density at radius 1 is 1.38 bits per heavy atom. The standard InChI is InChI=1S/C12H10BrNOS/c1-8-2-3-10(13)6-11(8)14-12(15)9-4-5-16-7-9/h2-7H,1H3,(H,14,15). The number of hydrogen-bond donors (Lipinski definition) is 1.